The van der Waals surface area contributed by atoms with Gasteiger partial charge in [0.25, 0.3) is 0 Å². The summed E-state index contributed by atoms with van der Waals surface area (Å²) in [6.45, 7) is 1.38. The number of pyridine rings is 1. The number of hydrogen-bond donors (Lipinski definition) is 2. The van der Waals surface area contributed by atoms with Crippen molar-refractivity contribution < 1.29 is 14.3 Å². The van der Waals surface area contributed by atoms with E-state index in [-0.39, 0.29) is 0 Å². The Bertz CT molecular complexity index is 417. The molecule has 2 rings (SSSR count). The molecule has 0 unspecified atom stereocenters. The molecule has 1 aromatic heterocycles. The van der Waals surface area contributed by atoms with Crippen molar-refractivity contribution in [1.29, 1.82) is 0 Å². The molecule has 0 saturated carbocycles. The number of carbonyl (C=O) groups is 1. The zero-order valence-electron chi connectivity index (χ0n) is 9.45. The van der Waals surface area contributed by atoms with E-state index in [0.717, 1.165) is 6.20 Å². The van der Waals surface area contributed by atoms with Crippen LogP contribution in [0.2, 0.25) is 0 Å². The van der Waals surface area contributed by atoms with Crippen molar-refractivity contribution in [2.45, 2.75) is 19.3 Å². The van der Waals surface area contributed by atoms with Gasteiger partial charge in [-0.1, -0.05) is 0 Å². The van der Waals surface area contributed by atoms with Gasteiger partial charge in [0.15, 0.2) is 0 Å². The normalized spacial score (nSPS) is 18.9. The summed E-state index contributed by atoms with van der Waals surface area (Å²) < 4.78 is 13.0. The van der Waals surface area contributed by atoms with Crippen molar-refractivity contribution in [3.05, 3.63) is 29.8 Å². The topological polar surface area (TPSA) is 62.2 Å². The number of nitrogens with zero attached hydrogens (tertiary/aromatic N) is 1. The summed E-state index contributed by atoms with van der Waals surface area (Å²) in [4.78, 5) is 15.2. The third-order valence-corrected chi connectivity index (χ3v) is 3.32. The van der Waals surface area contributed by atoms with E-state index >= 15 is 0 Å². The van der Waals surface area contributed by atoms with Gasteiger partial charge in [-0.15, -0.1) is 0 Å². The van der Waals surface area contributed by atoms with Crippen LogP contribution in [0.1, 0.15) is 18.4 Å². The Labute approximate surface area is 98.9 Å². The van der Waals surface area contributed by atoms with Gasteiger partial charge in [0.1, 0.15) is 5.82 Å². The summed E-state index contributed by atoms with van der Waals surface area (Å²) in [5.41, 5.74) is -0.130. The fraction of sp³-hybridized carbons (Fsp3) is 0.500. The van der Waals surface area contributed by atoms with Crippen LogP contribution in [0.5, 0.6) is 0 Å². The second-order valence-electron chi connectivity index (χ2n) is 4.52. The molecular formula is C12H15FN2O2. The molecule has 0 aliphatic carbocycles. The second kappa shape index (κ2) is 4.79. The Hall–Kier alpha value is -1.49. The number of carboxylic acid groups (broad SMARTS) is 1. The second-order valence-corrected chi connectivity index (χ2v) is 4.52. The first-order valence-corrected chi connectivity index (χ1v) is 5.66. The molecule has 1 fully saturated rings. The molecule has 92 valence electrons. The summed E-state index contributed by atoms with van der Waals surface area (Å²) in [5, 5.41) is 12.5. The van der Waals surface area contributed by atoms with Crippen LogP contribution in [-0.2, 0) is 11.2 Å². The van der Waals surface area contributed by atoms with Crippen LogP contribution in [0.25, 0.3) is 0 Å². The fourth-order valence-electron chi connectivity index (χ4n) is 2.31. The summed E-state index contributed by atoms with van der Waals surface area (Å²) in [7, 11) is 0. The summed E-state index contributed by atoms with van der Waals surface area (Å²) in [6, 6.07) is 1.36. The molecule has 1 aliphatic heterocycles. The van der Waals surface area contributed by atoms with Gasteiger partial charge in [0.2, 0.25) is 0 Å². The van der Waals surface area contributed by atoms with Crippen molar-refractivity contribution in [2.24, 2.45) is 5.41 Å². The molecule has 0 spiro atoms. The number of rotatable bonds is 3. The maximum absolute atomic E-state index is 13.0. The average Bonchev–Trinajstić information content (AvgIpc) is 2.30. The first kappa shape index (κ1) is 12.0. The van der Waals surface area contributed by atoms with Gasteiger partial charge in [-0.25, -0.2) is 4.39 Å². The standard InChI is InChI=1S/C12H15FN2O2/c13-10-5-9(7-15-8-10)6-12(11(16)17)1-3-14-4-2-12/h5,7-8,14H,1-4,6H2,(H,16,17). The van der Waals surface area contributed by atoms with Crippen molar-refractivity contribution in [1.82, 2.24) is 10.3 Å². The molecule has 1 aromatic rings. The number of aromatic nitrogens is 1. The molecular weight excluding hydrogens is 223 g/mol. The third-order valence-electron chi connectivity index (χ3n) is 3.32. The fourth-order valence-corrected chi connectivity index (χ4v) is 2.31. The zero-order chi connectivity index (χ0) is 12.3. The molecule has 2 heterocycles. The summed E-state index contributed by atoms with van der Waals surface area (Å²) in [5.74, 6) is -1.22. The maximum Gasteiger partial charge on any atom is 0.310 e. The average molecular weight is 238 g/mol. The Balaban J connectivity index is 2.20. The summed E-state index contributed by atoms with van der Waals surface area (Å²) >= 11 is 0. The Morgan fingerprint density at radius 1 is 1.47 bits per heavy atom. The molecule has 17 heavy (non-hydrogen) atoms. The van der Waals surface area contributed by atoms with E-state index in [9.17, 15) is 14.3 Å². The molecule has 0 amide bonds. The van der Waals surface area contributed by atoms with Crippen molar-refractivity contribution in [3.63, 3.8) is 0 Å². The predicted octanol–water partition coefficient (Wildman–Crippen LogP) is 1.22. The molecule has 0 radical (unpaired) electrons. The lowest BCUT2D eigenvalue weighted by molar-refractivity contribution is -0.150. The van der Waals surface area contributed by atoms with Crippen LogP contribution < -0.4 is 5.32 Å². The molecule has 1 aliphatic rings. The molecule has 1 saturated heterocycles. The van der Waals surface area contributed by atoms with E-state index in [4.69, 9.17) is 0 Å². The third kappa shape index (κ3) is 2.61. The highest BCUT2D eigenvalue weighted by atomic mass is 19.1. The van der Waals surface area contributed by atoms with Gasteiger partial charge in [-0.2, -0.15) is 0 Å². The van der Waals surface area contributed by atoms with Gasteiger partial charge in [0, 0.05) is 6.20 Å². The summed E-state index contributed by atoms with van der Waals surface area (Å²) in [6.07, 6.45) is 4.14. The van der Waals surface area contributed by atoms with E-state index in [1.807, 2.05) is 0 Å². The Morgan fingerprint density at radius 3 is 2.76 bits per heavy atom. The maximum atomic E-state index is 13.0. The number of carboxylic acids is 1. The minimum absolute atomic E-state index is 0.342. The molecule has 4 nitrogen and oxygen atoms in total. The lowest BCUT2D eigenvalue weighted by atomic mass is 9.74. The monoisotopic (exact) mass is 238 g/mol. The van der Waals surface area contributed by atoms with Gasteiger partial charge in [0.05, 0.1) is 11.6 Å². The van der Waals surface area contributed by atoms with Gasteiger partial charge < -0.3 is 10.4 Å². The van der Waals surface area contributed by atoms with Gasteiger partial charge in [-0.05, 0) is 44.0 Å². The largest absolute Gasteiger partial charge is 0.481 e. The van der Waals surface area contributed by atoms with Crippen molar-refractivity contribution in [2.75, 3.05) is 13.1 Å². The van der Waals surface area contributed by atoms with Crippen molar-refractivity contribution in [3.8, 4) is 0 Å². The SMILES string of the molecule is O=C(O)C1(Cc2cncc(F)c2)CCNCC1. The first-order chi connectivity index (χ1) is 8.12. The lowest BCUT2D eigenvalue weighted by Crippen LogP contribution is -2.43. The molecule has 5 heteroatoms. The van der Waals surface area contributed by atoms with E-state index in [0.29, 0.717) is 37.9 Å². The number of aliphatic carboxylic acids is 1. The van der Waals surface area contributed by atoms with Crippen LogP contribution in [0, 0.1) is 11.2 Å². The van der Waals surface area contributed by atoms with E-state index in [2.05, 4.69) is 10.3 Å². The molecule has 0 aromatic carbocycles. The number of hydrogen-bond acceptors (Lipinski definition) is 3. The van der Waals surface area contributed by atoms with E-state index in [1.54, 1.807) is 0 Å². The van der Waals surface area contributed by atoms with Gasteiger partial charge >= 0.3 is 5.97 Å². The smallest absolute Gasteiger partial charge is 0.310 e. The van der Waals surface area contributed by atoms with Crippen LogP contribution >= 0.6 is 0 Å². The zero-order valence-corrected chi connectivity index (χ0v) is 9.45. The molecule has 0 atom stereocenters. The van der Waals surface area contributed by atoms with Crippen LogP contribution in [-0.4, -0.2) is 29.1 Å². The number of piperidine rings is 1. The minimum Gasteiger partial charge on any atom is -0.481 e. The Morgan fingerprint density at radius 2 is 2.18 bits per heavy atom. The predicted molar refractivity (Wildman–Crippen MR) is 60.1 cm³/mol. The first-order valence-electron chi connectivity index (χ1n) is 5.66. The number of nitrogens with one attached hydrogen (secondary N) is 1. The van der Waals surface area contributed by atoms with E-state index < -0.39 is 17.2 Å². The lowest BCUT2D eigenvalue weighted by Gasteiger charge is -2.33. The van der Waals surface area contributed by atoms with Crippen LogP contribution in [0.4, 0.5) is 4.39 Å². The highest BCUT2D eigenvalue weighted by Gasteiger charge is 2.39. The number of halogens is 1. The van der Waals surface area contributed by atoms with Gasteiger partial charge in [-0.3, -0.25) is 9.78 Å². The van der Waals surface area contributed by atoms with E-state index in [1.165, 1.54) is 12.3 Å². The Kier molecular flexibility index (Phi) is 3.38. The van der Waals surface area contributed by atoms with Crippen LogP contribution in [0.3, 0.4) is 0 Å². The highest BCUT2D eigenvalue weighted by molar-refractivity contribution is 5.75. The minimum atomic E-state index is -0.803. The van der Waals surface area contributed by atoms with Crippen molar-refractivity contribution >= 4 is 5.97 Å². The highest BCUT2D eigenvalue weighted by Crippen LogP contribution is 2.33. The molecule has 2 N–H and O–H groups in total. The van der Waals surface area contributed by atoms with Crippen LogP contribution in [0.15, 0.2) is 18.5 Å². The quantitative estimate of drug-likeness (QED) is 0.831. The molecule has 0 bridgehead atoms.